The van der Waals surface area contributed by atoms with E-state index in [1.54, 1.807) is 57.2 Å². The largest absolute Gasteiger partial charge is 0.352 e. The van der Waals surface area contributed by atoms with E-state index in [9.17, 15) is 18.0 Å². The first-order chi connectivity index (χ1) is 15.9. The highest BCUT2D eigenvalue weighted by molar-refractivity contribution is 7.92. The van der Waals surface area contributed by atoms with Gasteiger partial charge < -0.3 is 10.2 Å². The van der Waals surface area contributed by atoms with Gasteiger partial charge in [-0.15, -0.1) is 0 Å². The summed E-state index contributed by atoms with van der Waals surface area (Å²) in [6, 6.07) is 11.6. The summed E-state index contributed by atoms with van der Waals surface area (Å²) >= 11 is 6.34. The van der Waals surface area contributed by atoms with Crippen molar-refractivity contribution in [3.05, 3.63) is 64.2 Å². The molecule has 34 heavy (non-hydrogen) atoms. The van der Waals surface area contributed by atoms with Crippen molar-refractivity contribution < 1.29 is 18.0 Å². The van der Waals surface area contributed by atoms with Crippen molar-refractivity contribution in [2.45, 2.75) is 59.7 Å². The summed E-state index contributed by atoms with van der Waals surface area (Å²) in [5.41, 5.74) is 2.60. The third-order valence-electron chi connectivity index (χ3n) is 5.83. The van der Waals surface area contributed by atoms with Gasteiger partial charge in [0.2, 0.25) is 21.8 Å². The van der Waals surface area contributed by atoms with Crippen molar-refractivity contribution in [3.8, 4) is 0 Å². The lowest BCUT2D eigenvalue weighted by Crippen LogP contribution is -2.52. The van der Waals surface area contributed by atoms with E-state index < -0.39 is 28.5 Å². The van der Waals surface area contributed by atoms with Crippen LogP contribution in [-0.2, 0) is 26.2 Å². The zero-order valence-corrected chi connectivity index (χ0v) is 22.2. The molecular weight excluding hydrogens is 474 g/mol. The van der Waals surface area contributed by atoms with Gasteiger partial charge in [-0.1, -0.05) is 54.9 Å². The SMILES string of the molecule is CC[C@H](C)NC(=O)[C@@H](C)N(Cc1ccccc1Cl)C(=O)CN(c1c(C)cccc1C)S(C)(=O)=O. The Balaban J connectivity index is 2.46. The molecule has 0 aromatic heterocycles. The number of carbonyl (C=O) groups excluding carboxylic acids is 2. The molecule has 0 fully saturated rings. The standard InChI is InChI=1S/C25H34ClN3O4S/c1-7-19(4)27-25(31)20(5)28(15-21-13-8-9-14-22(21)26)23(30)16-29(34(6,32)33)24-17(2)11-10-12-18(24)3/h8-14,19-20H,7,15-16H2,1-6H3,(H,27,31)/t19-,20+/m0/s1. The van der Waals surface area contributed by atoms with Gasteiger partial charge in [0.15, 0.2) is 0 Å². The number of amides is 2. The van der Waals surface area contributed by atoms with Crippen LogP contribution in [0.4, 0.5) is 5.69 Å². The second-order valence-corrected chi connectivity index (χ2v) is 10.9. The van der Waals surface area contributed by atoms with Gasteiger partial charge in [0.25, 0.3) is 0 Å². The molecule has 0 saturated carbocycles. The van der Waals surface area contributed by atoms with Gasteiger partial charge in [-0.2, -0.15) is 0 Å². The fourth-order valence-corrected chi connectivity index (χ4v) is 4.79. The van der Waals surface area contributed by atoms with Crippen LogP contribution < -0.4 is 9.62 Å². The first kappa shape index (κ1) is 27.7. The fourth-order valence-electron chi connectivity index (χ4n) is 3.63. The molecule has 0 unspecified atom stereocenters. The van der Waals surface area contributed by atoms with Crippen LogP contribution in [0.2, 0.25) is 5.02 Å². The van der Waals surface area contributed by atoms with E-state index in [1.165, 1.54) is 4.90 Å². The summed E-state index contributed by atoms with van der Waals surface area (Å²) in [5, 5.41) is 3.36. The average Bonchev–Trinajstić information content (AvgIpc) is 2.76. The number of halogens is 1. The lowest BCUT2D eigenvalue weighted by atomic mass is 10.1. The van der Waals surface area contributed by atoms with Crippen molar-refractivity contribution >= 4 is 39.1 Å². The second kappa shape index (κ2) is 11.7. The third kappa shape index (κ3) is 6.96. The van der Waals surface area contributed by atoms with E-state index in [-0.39, 0.29) is 18.5 Å². The van der Waals surface area contributed by atoms with Gasteiger partial charge in [-0.05, 0) is 56.9 Å². The number of nitrogens with zero attached hydrogens (tertiary/aromatic N) is 2. The molecule has 2 rings (SSSR count). The lowest BCUT2D eigenvalue weighted by Gasteiger charge is -2.33. The smallest absolute Gasteiger partial charge is 0.244 e. The van der Waals surface area contributed by atoms with Crippen LogP contribution in [0.15, 0.2) is 42.5 Å². The van der Waals surface area contributed by atoms with E-state index in [1.807, 2.05) is 19.9 Å². The topological polar surface area (TPSA) is 86.8 Å². The number of benzene rings is 2. The first-order valence-corrected chi connectivity index (χ1v) is 13.5. The number of sulfonamides is 1. The summed E-state index contributed by atoms with van der Waals surface area (Å²) in [7, 11) is -3.78. The molecule has 9 heteroatoms. The second-order valence-electron chi connectivity index (χ2n) is 8.62. The molecule has 0 bridgehead atoms. The lowest BCUT2D eigenvalue weighted by molar-refractivity contribution is -0.139. The van der Waals surface area contributed by atoms with Crippen LogP contribution in [0.5, 0.6) is 0 Å². The minimum absolute atomic E-state index is 0.0608. The quantitative estimate of drug-likeness (QED) is 0.525. The first-order valence-electron chi connectivity index (χ1n) is 11.2. The van der Waals surface area contributed by atoms with Crippen LogP contribution in [0.25, 0.3) is 0 Å². The Morgan fingerprint density at radius 2 is 1.62 bits per heavy atom. The number of hydrogen-bond donors (Lipinski definition) is 1. The van der Waals surface area contributed by atoms with Crippen LogP contribution in [0.1, 0.15) is 43.9 Å². The number of carbonyl (C=O) groups is 2. The highest BCUT2D eigenvalue weighted by atomic mass is 35.5. The van der Waals surface area contributed by atoms with E-state index in [4.69, 9.17) is 11.6 Å². The Bertz CT molecular complexity index is 1120. The molecule has 0 saturated heterocycles. The zero-order chi connectivity index (χ0) is 25.6. The maximum Gasteiger partial charge on any atom is 0.244 e. The molecule has 2 atom stereocenters. The molecule has 0 radical (unpaired) electrons. The maximum atomic E-state index is 13.6. The number of anilines is 1. The van der Waals surface area contributed by atoms with Gasteiger partial charge in [0.1, 0.15) is 12.6 Å². The van der Waals surface area contributed by atoms with Crippen LogP contribution in [-0.4, -0.2) is 50.0 Å². The van der Waals surface area contributed by atoms with Gasteiger partial charge in [0.05, 0.1) is 11.9 Å². The predicted octanol–water partition coefficient (Wildman–Crippen LogP) is 4.05. The van der Waals surface area contributed by atoms with Crippen molar-refractivity contribution in [3.63, 3.8) is 0 Å². The van der Waals surface area contributed by atoms with E-state index in [2.05, 4.69) is 5.32 Å². The highest BCUT2D eigenvalue weighted by Gasteiger charge is 2.31. The predicted molar refractivity (Wildman–Crippen MR) is 137 cm³/mol. The summed E-state index contributed by atoms with van der Waals surface area (Å²) in [6.07, 6.45) is 1.81. The molecule has 186 valence electrons. The Hall–Kier alpha value is -2.58. The molecule has 2 aromatic carbocycles. The van der Waals surface area contributed by atoms with E-state index >= 15 is 0 Å². The van der Waals surface area contributed by atoms with Crippen LogP contribution in [0.3, 0.4) is 0 Å². The zero-order valence-electron chi connectivity index (χ0n) is 20.6. The summed E-state index contributed by atoms with van der Waals surface area (Å²) in [6.45, 7) is 8.71. The normalized spacial score (nSPS) is 13.1. The highest BCUT2D eigenvalue weighted by Crippen LogP contribution is 2.27. The summed E-state index contributed by atoms with van der Waals surface area (Å²) in [5.74, 6) is -0.812. The van der Waals surface area contributed by atoms with Gasteiger partial charge in [-0.25, -0.2) is 8.42 Å². The number of nitrogens with one attached hydrogen (secondary N) is 1. The average molecular weight is 508 g/mol. The monoisotopic (exact) mass is 507 g/mol. The number of para-hydroxylation sites is 1. The maximum absolute atomic E-state index is 13.6. The molecular formula is C25H34ClN3O4S. The molecule has 0 aliphatic rings. The third-order valence-corrected chi connectivity index (χ3v) is 7.32. The molecule has 0 spiro atoms. The Kier molecular flexibility index (Phi) is 9.53. The molecule has 0 aliphatic heterocycles. The molecule has 2 amide bonds. The summed E-state index contributed by atoms with van der Waals surface area (Å²) in [4.78, 5) is 27.9. The number of rotatable bonds is 10. The van der Waals surface area contributed by atoms with Crippen LogP contribution in [0, 0.1) is 13.8 Å². The van der Waals surface area contributed by atoms with Gasteiger partial charge in [-0.3, -0.25) is 13.9 Å². The number of hydrogen-bond acceptors (Lipinski definition) is 4. The van der Waals surface area contributed by atoms with Crippen LogP contribution >= 0.6 is 11.6 Å². The number of aryl methyl sites for hydroxylation is 2. The summed E-state index contributed by atoms with van der Waals surface area (Å²) < 4.78 is 26.6. The molecule has 7 nitrogen and oxygen atoms in total. The van der Waals surface area contributed by atoms with Crippen molar-refractivity contribution in [2.75, 3.05) is 17.1 Å². The van der Waals surface area contributed by atoms with Crippen molar-refractivity contribution in [1.82, 2.24) is 10.2 Å². The Morgan fingerprint density at radius 3 is 2.15 bits per heavy atom. The molecule has 1 N–H and O–H groups in total. The minimum atomic E-state index is -3.78. The van der Waals surface area contributed by atoms with Crippen molar-refractivity contribution in [1.29, 1.82) is 0 Å². The van der Waals surface area contributed by atoms with Crippen molar-refractivity contribution in [2.24, 2.45) is 0 Å². The van der Waals surface area contributed by atoms with E-state index in [0.29, 0.717) is 16.3 Å². The Labute approximate surface area is 208 Å². The van der Waals surface area contributed by atoms with Gasteiger partial charge in [0, 0.05) is 17.6 Å². The van der Waals surface area contributed by atoms with E-state index in [0.717, 1.165) is 28.1 Å². The molecule has 0 heterocycles. The Morgan fingerprint density at radius 1 is 1.03 bits per heavy atom. The fraction of sp³-hybridized carbons (Fsp3) is 0.440. The minimum Gasteiger partial charge on any atom is -0.352 e. The molecule has 2 aromatic rings. The molecule has 0 aliphatic carbocycles. The van der Waals surface area contributed by atoms with Gasteiger partial charge >= 0.3 is 0 Å².